The van der Waals surface area contributed by atoms with E-state index in [2.05, 4.69) is 20.7 Å². The van der Waals surface area contributed by atoms with Crippen molar-refractivity contribution in [3.63, 3.8) is 0 Å². The number of nitrogens with one attached hydrogen (secondary N) is 1. The molecule has 0 atom stereocenters. The van der Waals surface area contributed by atoms with Crippen LogP contribution in [0.2, 0.25) is 0 Å². The van der Waals surface area contributed by atoms with Crippen molar-refractivity contribution in [2.75, 3.05) is 5.75 Å². The molecule has 33 heavy (non-hydrogen) atoms. The number of nitrogens with zero attached hydrogens (tertiary/aromatic N) is 4. The molecule has 3 aromatic carbocycles. The molecule has 0 unspecified atom stereocenters. The fourth-order valence-electron chi connectivity index (χ4n) is 3.03. The van der Waals surface area contributed by atoms with Gasteiger partial charge in [-0.25, -0.2) is 5.43 Å². The van der Waals surface area contributed by atoms with Crippen molar-refractivity contribution >= 4 is 23.9 Å². The molecule has 0 radical (unpaired) electrons. The van der Waals surface area contributed by atoms with Crippen molar-refractivity contribution in [3.05, 3.63) is 83.9 Å². The van der Waals surface area contributed by atoms with E-state index in [9.17, 15) is 15.0 Å². The molecule has 9 heteroatoms. The van der Waals surface area contributed by atoms with Crippen LogP contribution < -0.4 is 5.43 Å². The van der Waals surface area contributed by atoms with E-state index in [0.717, 1.165) is 16.8 Å². The molecule has 1 heterocycles. The van der Waals surface area contributed by atoms with Crippen molar-refractivity contribution in [2.45, 2.75) is 12.1 Å². The highest BCUT2D eigenvalue weighted by atomic mass is 32.2. The Morgan fingerprint density at radius 3 is 2.52 bits per heavy atom. The topological polar surface area (TPSA) is 113 Å². The summed E-state index contributed by atoms with van der Waals surface area (Å²) in [6, 6.07) is 22.0. The third-order valence-electron chi connectivity index (χ3n) is 4.69. The van der Waals surface area contributed by atoms with Gasteiger partial charge in [-0.15, -0.1) is 10.2 Å². The first-order valence-electron chi connectivity index (χ1n) is 10.1. The number of hydrogen-bond donors (Lipinski definition) is 3. The summed E-state index contributed by atoms with van der Waals surface area (Å²) < 4.78 is 1.93. The summed E-state index contributed by atoms with van der Waals surface area (Å²) in [6.07, 6.45) is 1.38. The van der Waals surface area contributed by atoms with Crippen LogP contribution in [0.25, 0.3) is 17.1 Å². The number of amides is 1. The highest BCUT2D eigenvalue weighted by Crippen LogP contribution is 2.28. The third-order valence-corrected chi connectivity index (χ3v) is 5.62. The Kier molecular flexibility index (Phi) is 6.70. The summed E-state index contributed by atoms with van der Waals surface area (Å²) in [5, 5.41) is 32.0. The van der Waals surface area contributed by atoms with Crippen LogP contribution in [-0.4, -0.2) is 42.9 Å². The molecule has 0 aliphatic carbocycles. The van der Waals surface area contributed by atoms with E-state index >= 15 is 0 Å². The van der Waals surface area contributed by atoms with E-state index < -0.39 is 0 Å². The number of hydrogen-bond acceptors (Lipinski definition) is 7. The lowest BCUT2D eigenvalue weighted by atomic mass is 10.2. The molecule has 0 bridgehead atoms. The molecular weight excluding hydrogens is 438 g/mol. The van der Waals surface area contributed by atoms with Gasteiger partial charge in [0.15, 0.2) is 22.5 Å². The van der Waals surface area contributed by atoms with Crippen molar-refractivity contribution in [1.29, 1.82) is 0 Å². The first-order valence-corrected chi connectivity index (χ1v) is 11.0. The molecular formula is C24H21N5O3S. The van der Waals surface area contributed by atoms with Crippen molar-refractivity contribution in [1.82, 2.24) is 20.2 Å². The zero-order chi connectivity index (χ0) is 23.2. The Labute approximate surface area is 194 Å². The second-order valence-corrected chi connectivity index (χ2v) is 8.12. The molecule has 1 amide bonds. The van der Waals surface area contributed by atoms with Gasteiger partial charge in [-0.3, -0.25) is 9.36 Å². The average Bonchev–Trinajstić information content (AvgIpc) is 3.25. The number of hydrazone groups is 1. The maximum atomic E-state index is 12.3. The minimum atomic E-state index is -0.320. The number of aromatic nitrogens is 3. The summed E-state index contributed by atoms with van der Waals surface area (Å²) in [5.41, 5.74) is 5.94. The van der Waals surface area contributed by atoms with E-state index in [-0.39, 0.29) is 23.2 Å². The van der Waals surface area contributed by atoms with Gasteiger partial charge >= 0.3 is 0 Å². The lowest BCUT2D eigenvalue weighted by molar-refractivity contribution is -0.118. The SMILES string of the molecule is Cc1ccc(-n2c(SCC(=O)N/N=C\c3ccc(O)c(O)c3)nnc2-c2ccccc2)cc1. The van der Waals surface area contributed by atoms with Crippen molar-refractivity contribution in [2.24, 2.45) is 5.10 Å². The van der Waals surface area contributed by atoms with Gasteiger partial charge in [0.1, 0.15) is 0 Å². The largest absolute Gasteiger partial charge is 0.504 e. The quantitative estimate of drug-likeness (QED) is 0.167. The maximum Gasteiger partial charge on any atom is 0.250 e. The fraction of sp³-hybridized carbons (Fsp3) is 0.0833. The van der Waals surface area contributed by atoms with Crippen LogP contribution in [0.4, 0.5) is 0 Å². The molecule has 0 fully saturated rings. The number of thioether (sulfide) groups is 1. The number of phenolic OH excluding ortho intramolecular Hbond substituents is 2. The number of carbonyl (C=O) groups is 1. The van der Waals surface area contributed by atoms with Crippen LogP contribution in [0.15, 0.2) is 83.1 Å². The fourth-order valence-corrected chi connectivity index (χ4v) is 3.77. The van der Waals surface area contributed by atoms with E-state index in [1.54, 1.807) is 6.07 Å². The number of rotatable bonds is 7. The Bertz CT molecular complexity index is 1290. The predicted octanol–water partition coefficient (Wildman–Crippen LogP) is 3.90. The lowest BCUT2D eigenvalue weighted by Crippen LogP contribution is -2.20. The molecule has 0 saturated carbocycles. The first kappa shape index (κ1) is 22.1. The van der Waals surface area contributed by atoms with Gasteiger partial charge in [-0.2, -0.15) is 5.10 Å². The van der Waals surface area contributed by atoms with Crippen LogP contribution in [0.3, 0.4) is 0 Å². The van der Waals surface area contributed by atoms with E-state index in [1.165, 1.54) is 30.1 Å². The Morgan fingerprint density at radius 1 is 1.03 bits per heavy atom. The third kappa shape index (κ3) is 5.39. The van der Waals surface area contributed by atoms with Gasteiger partial charge in [0.25, 0.3) is 5.91 Å². The summed E-state index contributed by atoms with van der Waals surface area (Å²) >= 11 is 1.25. The molecule has 166 valence electrons. The second-order valence-electron chi connectivity index (χ2n) is 7.17. The Hall–Kier alpha value is -4.11. The summed E-state index contributed by atoms with van der Waals surface area (Å²) in [6.45, 7) is 2.02. The van der Waals surface area contributed by atoms with Crippen molar-refractivity contribution < 1.29 is 15.0 Å². The van der Waals surface area contributed by atoms with Crippen LogP contribution in [0.5, 0.6) is 11.5 Å². The van der Waals surface area contributed by atoms with Gasteiger partial charge in [-0.05, 0) is 42.8 Å². The number of aryl methyl sites for hydroxylation is 1. The summed E-state index contributed by atoms with van der Waals surface area (Å²) in [7, 11) is 0. The standard InChI is InChI=1S/C24H21N5O3S/c1-16-7-10-19(11-8-16)29-23(18-5-3-2-4-6-18)27-28-24(29)33-15-22(32)26-25-14-17-9-12-20(30)21(31)13-17/h2-14,30-31H,15H2,1H3,(H,26,32)/b25-14-. The maximum absolute atomic E-state index is 12.3. The summed E-state index contributed by atoms with van der Waals surface area (Å²) in [4.78, 5) is 12.3. The van der Waals surface area contributed by atoms with E-state index in [0.29, 0.717) is 16.5 Å². The number of phenols is 2. The van der Waals surface area contributed by atoms with Crippen molar-refractivity contribution in [3.8, 4) is 28.6 Å². The Balaban J connectivity index is 1.49. The van der Waals surface area contributed by atoms with Crippen LogP contribution >= 0.6 is 11.8 Å². The molecule has 4 rings (SSSR count). The predicted molar refractivity (Wildman–Crippen MR) is 128 cm³/mol. The number of carbonyl (C=O) groups excluding carboxylic acids is 1. The van der Waals surface area contributed by atoms with Gasteiger partial charge in [0, 0.05) is 11.3 Å². The van der Waals surface area contributed by atoms with Gasteiger partial charge < -0.3 is 10.2 Å². The molecule has 3 N–H and O–H groups in total. The second kappa shape index (κ2) is 10.0. The lowest BCUT2D eigenvalue weighted by Gasteiger charge is -2.10. The normalized spacial score (nSPS) is 11.1. The minimum absolute atomic E-state index is 0.0803. The first-order chi connectivity index (χ1) is 16.0. The molecule has 4 aromatic rings. The number of aromatic hydroxyl groups is 2. The minimum Gasteiger partial charge on any atom is -0.504 e. The zero-order valence-electron chi connectivity index (χ0n) is 17.7. The van der Waals surface area contributed by atoms with Crippen LogP contribution in [0.1, 0.15) is 11.1 Å². The van der Waals surface area contributed by atoms with E-state index in [4.69, 9.17) is 0 Å². The average molecular weight is 460 g/mol. The molecule has 8 nitrogen and oxygen atoms in total. The van der Waals surface area contributed by atoms with Gasteiger partial charge in [-0.1, -0.05) is 59.8 Å². The van der Waals surface area contributed by atoms with E-state index in [1.807, 2.05) is 66.1 Å². The highest BCUT2D eigenvalue weighted by molar-refractivity contribution is 7.99. The molecule has 1 aromatic heterocycles. The van der Waals surface area contributed by atoms with Gasteiger partial charge in [0.2, 0.25) is 0 Å². The molecule has 0 saturated heterocycles. The van der Waals surface area contributed by atoms with Crippen LogP contribution in [0, 0.1) is 6.92 Å². The molecule has 0 spiro atoms. The number of benzene rings is 3. The monoisotopic (exact) mass is 459 g/mol. The summed E-state index contributed by atoms with van der Waals surface area (Å²) in [5.74, 6) is -0.0335. The smallest absolute Gasteiger partial charge is 0.250 e. The Morgan fingerprint density at radius 2 is 1.79 bits per heavy atom. The molecule has 0 aliphatic heterocycles. The zero-order valence-corrected chi connectivity index (χ0v) is 18.5. The highest BCUT2D eigenvalue weighted by Gasteiger charge is 2.17. The molecule has 0 aliphatic rings. The van der Waals surface area contributed by atoms with Gasteiger partial charge in [0.05, 0.1) is 12.0 Å². The van der Waals surface area contributed by atoms with Crippen LogP contribution in [-0.2, 0) is 4.79 Å².